The van der Waals surface area contributed by atoms with Gasteiger partial charge >= 0.3 is 0 Å². The predicted molar refractivity (Wildman–Crippen MR) is 264 cm³/mol. The van der Waals surface area contributed by atoms with Crippen LogP contribution >= 0.6 is 22.7 Å². The van der Waals surface area contributed by atoms with Gasteiger partial charge in [0.2, 0.25) is 0 Å². The second-order valence-corrected chi connectivity index (χ2v) is 19.2. The Kier molecular flexibility index (Phi) is 9.10. The predicted octanol–water partition coefficient (Wildman–Crippen LogP) is 17.8. The van der Waals surface area contributed by atoms with E-state index < -0.39 is 0 Å². The van der Waals surface area contributed by atoms with Crippen molar-refractivity contribution in [2.75, 3.05) is 0 Å². The van der Waals surface area contributed by atoms with Gasteiger partial charge in [-0.15, -0.1) is 22.7 Å². The molecule has 0 bridgehead atoms. The van der Waals surface area contributed by atoms with Gasteiger partial charge in [-0.3, -0.25) is 0 Å². The summed E-state index contributed by atoms with van der Waals surface area (Å²) in [4.78, 5) is 2.69. The molecule has 0 fully saturated rings. The first-order chi connectivity index (χ1) is 28.9. The van der Waals surface area contributed by atoms with Gasteiger partial charge in [0, 0.05) is 25.1 Å². The van der Waals surface area contributed by atoms with Crippen molar-refractivity contribution in [2.24, 2.45) is 0 Å². The quantitative estimate of drug-likeness (QED) is 0.101. The molecule has 0 aliphatic heterocycles. The SMILES string of the molecule is CCCCCCc1ccc2cc3cc(C(C)c4cc5cc6cc7cc8cc(/C=C/c9ccc%10cc%11cc(C)ccc%11cc%10c9)sc8cc7cc6cc5s4)ccc3cc2c1. The van der Waals surface area contributed by atoms with Crippen molar-refractivity contribution in [1.29, 1.82) is 0 Å². The van der Waals surface area contributed by atoms with Gasteiger partial charge in [0.1, 0.15) is 0 Å². The molecular weight excluding hydrogens is 749 g/mol. The summed E-state index contributed by atoms with van der Waals surface area (Å²) in [6, 6.07) is 56.2. The third-order valence-electron chi connectivity index (χ3n) is 12.6. The normalized spacial score (nSPS) is 12.9. The van der Waals surface area contributed by atoms with E-state index in [2.05, 4.69) is 179 Å². The van der Waals surface area contributed by atoms with E-state index >= 15 is 0 Å². The van der Waals surface area contributed by atoms with Gasteiger partial charge < -0.3 is 0 Å². The Hall–Kier alpha value is -5.80. The molecular formula is C57H46S2. The van der Waals surface area contributed by atoms with Crippen molar-refractivity contribution in [2.45, 2.75) is 58.8 Å². The largest absolute Gasteiger partial charge is 0.140 e. The molecule has 0 aliphatic rings. The Bertz CT molecular complexity index is 3370. The Balaban J connectivity index is 0.849. The first kappa shape index (κ1) is 36.3. The van der Waals surface area contributed by atoms with Crippen LogP contribution in [0.2, 0.25) is 0 Å². The van der Waals surface area contributed by atoms with E-state index in [1.165, 1.54) is 149 Å². The molecule has 1 atom stereocenters. The van der Waals surface area contributed by atoms with Crippen LogP contribution < -0.4 is 0 Å². The van der Waals surface area contributed by atoms with Crippen LogP contribution in [0.3, 0.4) is 0 Å². The van der Waals surface area contributed by atoms with Gasteiger partial charge in [-0.1, -0.05) is 111 Å². The smallest absolute Gasteiger partial charge is 0.0355 e. The molecule has 59 heavy (non-hydrogen) atoms. The summed E-state index contributed by atoms with van der Waals surface area (Å²) in [7, 11) is 0. The number of thiophene rings is 2. The highest BCUT2D eigenvalue weighted by Gasteiger charge is 2.15. The lowest BCUT2D eigenvalue weighted by Crippen LogP contribution is -1.93. The van der Waals surface area contributed by atoms with Crippen LogP contribution in [0, 0.1) is 6.92 Å². The van der Waals surface area contributed by atoms with Crippen LogP contribution in [-0.4, -0.2) is 0 Å². The number of rotatable bonds is 9. The van der Waals surface area contributed by atoms with E-state index in [1.54, 1.807) is 0 Å². The summed E-state index contributed by atoms with van der Waals surface area (Å²) in [5.74, 6) is 0.321. The maximum Gasteiger partial charge on any atom is 0.0355 e. The van der Waals surface area contributed by atoms with Crippen LogP contribution in [-0.2, 0) is 6.42 Å². The fourth-order valence-electron chi connectivity index (χ4n) is 9.24. The highest BCUT2D eigenvalue weighted by molar-refractivity contribution is 7.20. The van der Waals surface area contributed by atoms with Crippen molar-refractivity contribution in [1.82, 2.24) is 0 Å². The van der Waals surface area contributed by atoms with E-state index in [1.807, 2.05) is 22.7 Å². The number of fused-ring (bicyclic) bond motifs is 8. The number of hydrogen-bond acceptors (Lipinski definition) is 2. The van der Waals surface area contributed by atoms with Crippen molar-refractivity contribution < 1.29 is 0 Å². The number of unbranched alkanes of at least 4 members (excludes halogenated alkanes) is 3. The Morgan fingerprint density at radius 2 is 1.00 bits per heavy atom. The summed E-state index contributed by atoms with van der Waals surface area (Å²) >= 11 is 3.82. The lowest BCUT2D eigenvalue weighted by molar-refractivity contribution is 0.667. The number of hydrogen-bond donors (Lipinski definition) is 0. The second-order valence-electron chi connectivity index (χ2n) is 16.9. The van der Waals surface area contributed by atoms with Gasteiger partial charge in [0.25, 0.3) is 0 Å². The molecule has 0 amide bonds. The molecule has 11 rings (SSSR count). The summed E-state index contributed by atoms with van der Waals surface area (Å²) in [5.41, 5.74) is 5.36. The fraction of sp³-hybridized carbons (Fsp3) is 0.158. The van der Waals surface area contributed by atoms with Crippen molar-refractivity contribution >= 4 is 120 Å². The third kappa shape index (κ3) is 6.99. The summed E-state index contributed by atoms with van der Waals surface area (Å²) in [6.07, 6.45) is 10.9. The molecule has 0 N–H and O–H groups in total. The van der Waals surface area contributed by atoms with E-state index in [0.29, 0.717) is 5.92 Å². The van der Waals surface area contributed by atoms with Crippen LogP contribution in [0.25, 0.3) is 97.0 Å². The van der Waals surface area contributed by atoms with Gasteiger partial charge in [0.15, 0.2) is 0 Å². The molecule has 0 aliphatic carbocycles. The lowest BCUT2D eigenvalue weighted by Gasteiger charge is -2.12. The third-order valence-corrected chi connectivity index (χ3v) is 15.0. The number of benzene rings is 9. The Labute approximate surface area is 354 Å². The molecule has 0 radical (unpaired) electrons. The molecule has 2 heterocycles. The summed E-state index contributed by atoms with van der Waals surface area (Å²) in [5, 5.41) is 18.4. The van der Waals surface area contributed by atoms with E-state index in [0.717, 1.165) is 0 Å². The maximum atomic E-state index is 2.43. The first-order valence-corrected chi connectivity index (χ1v) is 23.0. The summed E-state index contributed by atoms with van der Waals surface area (Å²) in [6.45, 7) is 6.81. The molecule has 1 unspecified atom stereocenters. The topological polar surface area (TPSA) is 0 Å². The molecule has 0 spiro atoms. The fourth-order valence-corrected chi connectivity index (χ4v) is 11.4. The van der Waals surface area contributed by atoms with Crippen LogP contribution in [0.5, 0.6) is 0 Å². The van der Waals surface area contributed by atoms with Crippen molar-refractivity contribution in [3.63, 3.8) is 0 Å². The Morgan fingerprint density at radius 1 is 0.441 bits per heavy atom. The van der Waals surface area contributed by atoms with E-state index in [-0.39, 0.29) is 0 Å². The zero-order valence-electron chi connectivity index (χ0n) is 33.9. The number of aryl methyl sites for hydroxylation is 2. The molecule has 0 saturated carbocycles. The average molecular weight is 795 g/mol. The van der Waals surface area contributed by atoms with Crippen LogP contribution in [0.15, 0.2) is 146 Å². The minimum atomic E-state index is 0.321. The molecule has 286 valence electrons. The average Bonchev–Trinajstić information content (AvgIpc) is 3.85. The minimum Gasteiger partial charge on any atom is -0.140 e. The van der Waals surface area contributed by atoms with E-state index in [4.69, 9.17) is 0 Å². The van der Waals surface area contributed by atoms with Crippen LogP contribution in [0.1, 0.15) is 77.5 Å². The summed E-state index contributed by atoms with van der Waals surface area (Å²) < 4.78 is 2.69. The lowest BCUT2D eigenvalue weighted by atomic mass is 9.94. The van der Waals surface area contributed by atoms with Crippen LogP contribution in [0.4, 0.5) is 0 Å². The maximum absolute atomic E-state index is 2.43. The Morgan fingerprint density at radius 3 is 1.75 bits per heavy atom. The molecule has 2 aromatic heterocycles. The highest BCUT2D eigenvalue weighted by Crippen LogP contribution is 2.40. The monoisotopic (exact) mass is 794 g/mol. The molecule has 2 heteroatoms. The van der Waals surface area contributed by atoms with Gasteiger partial charge in [-0.2, -0.15) is 0 Å². The van der Waals surface area contributed by atoms with Gasteiger partial charge in [0.05, 0.1) is 0 Å². The molecule has 0 saturated heterocycles. The second kappa shape index (κ2) is 14.8. The zero-order valence-corrected chi connectivity index (χ0v) is 35.6. The molecule has 11 aromatic rings. The van der Waals surface area contributed by atoms with Crippen molar-refractivity contribution in [3.8, 4) is 0 Å². The highest BCUT2D eigenvalue weighted by atomic mass is 32.1. The van der Waals surface area contributed by atoms with Gasteiger partial charge in [-0.25, -0.2) is 0 Å². The first-order valence-electron chi connectivity index (χ1n) is 21.3. The van der Waals surface area contributed by atoms with Crippen molar-refractivity contribution in [3.05, 3.63) is 178 Å². The van der Waals surface area contributed by atoms with Gasteiger partial charge in [-0.05, 0) is 197 Å². The van der Waals surface area contributed by atoms with E-state index in [9.17, 15) is 0 Å². The molecule has 0 nitrogen and oxygen atoms in total. The zero-order chi connectivity index (χ0) is 39.6. The molecule has 9 aromatic carbocycles. The standard InChI is InChI=1S/C57H46S2/c1-4-5-6-7-8-37-10-14-42-26-47-22-39(16-17-43(47)25-45(42)20-37)36(3)55-34-53-30-49-27-48-29-52-31-54(58-56(52)32-50(48)28-51(49)33-57(53)59-55)18-12-38-11-15-41-23-44-19-35(2)9-13-40(44)24-46(41)21-38/h9-34,36H,4-8H2,1-3H3/b18-12+. The minimum absolute atomic E-state index is 0.321.